The van der Waals surface area contributed by atoms with Crippen LogP contribution < -0.4 is 19.1 Å². The number of carbonyl (C=O) groups excluding carboxylic acids is 2. The number of halogens is 2. The fourth-order valence-electron chi connectivity index (χ4n) is 4.98. The molecule has 1 aliphatic heterocycles. The highest BCUT2D eigenvalue weighted by Crippen LogP contribution is 2.34. The molecule has 4 aromatic rings. The van der Waals surface area contributed by atoms with Crippen LogP contribution >= 0.6 is 11.6 Å². The molecule has 0 unspecified atom stereocenters. The predicted octanol–water partition coefficient (Wildman–Crippen LogP) is 4.83. The maximum Gasteiger partial charge on any atom is 0.264 e. The number of hydrogen-bond donors (Lipinski definition) is 1. The highest BCUT2D eigenvalue weighted by molar-refractivity contribution is 7.92. The Bertz CT molecular complexity index is 1770. The van der Waals surface area contributed by atoms with Gasteiger partial charge in [-0.05, 0) is 53.6 Å². The van der Waals surface area contributed by atoms with Gasteiger partial charge in [-0.25, -0.2) is 12.8 Å². The average molecular weight is 652 g/mol. The standard InChI is InChI=1S/C33H31ClFN3O6S/c1-36-33(40)29(19-23-7-3-2-4-8-23)37(21-24-9-5-6-10-28(24)34)32(39)22-38(26-13-11-25(35)12-14-26)45(41,42)27-15-16-30-31(20-27)44-18-17-43-30/h2-16,20,29H,17-19,21-22H2,1H3,(H,36,40)/t29-/m0/s1. The number of anilines is 1. The van der Waals surface area contributed by atoms with Crippen LogP contribution in [0.4, 0.5) is 10.1 Å². The second-order valence-corrected chi connectivity index (χ2v) is 12.5. The van der Waals surface area contributed by atoms with Crippen LogP contribution in [0.3, 0.4) is 0 Å². The van der Waals surface area contributed by atoms with Crippen LogP contribution in [0.2, 0.25) is 5.02 Å². The van der Waals surface area contributed by atoms with E-state index in [-0.39, 0.29) is 35.9 Å². The molecule has 5 rings (SSSR count). The van der Waals surface area contributed by atoms with Crippen LogP contribution in [-0.2, 0) is 32.6 Å². The summed E-state index contributed by atoms with van der Waals surface area (Å²) in [6.07, 6.45) is 0.155. The molecule has 0 aliphatic carbocycles. The Morgan fingerprint density at radius 2 is 1.58 bits per heavy atom. The smallest absolute Gasteiger partial charge is 0.264 e. The van der Waals surface area contributed by atoms with E-state index in [1.807, 2.05) is 30.3 Å². The lowest BCUT2D eigenvalue weighted by Crippen LogP contribution is -2.53. The number of likely N-dealkylation sites (N-methyl/N-ethyl adjacent to an activating group) is 1. The normalized spacial score (nSPS) is 13.0. The van der Waals surface area contributed by atoms with Gasteiger partial charge in [-0.3, -0.25) is 13.9 Å². The van der Waals surface area contributed by atoms with E-state index in [2.05, 4.69) is 5.32 Å². The monoisotopic (exact) mass is 651 g/mol. The quantitative estimate of drug-likeness (QED) is 0.249. The number of amides is 2. The first kappa shape index (κ1) is 31.8. The molecule has 234 valence electrons. The topological polar surface area (TPSA) is 105 Å². The fraction of sp³-hybridized carbons (Fsp3) is 0.212. The van der Waals surface area contributed by atoms with E-state index in [0.717, 1.165) is 22.0 Å². The molecule has 1 atom stereocenters. The van der Waals surface area contributed by atoms with E-state index >= 15 is 0 Å². The number of benzene rings is 4. The third kappa shape index (κ3) is 7.38. The molecule has 0 bridgehead atoms. The van der Waals surface area contributed by atoms with Crippen LogP contribution in [0.1, 0.15) is 11.1 Å². The summed E-state index contributed by atoms with van der Waals surface area (Å²) < 4.78 is 54.3. The van der Waals surface area contributed by atoms with Crippen LogP contribution in [0.15, 0.2) is 102 Å². The summed E-state index contributed by atoms with van der Waals surface area (Å²) in [5, 5.41) is 3.01. The largest absolute Gasteiger partial charge is 0.486 e. The van der Waals surface area contributed by atoms with Gasteiger partial charge in [-0.1, -0.05) is 60.1 Å². The van der Waals surface area contributed by atoms with E-state index in [9.17, 15) is 22.4 Å². The van der Waals surface area contributed by atoms with Gasteiger partial charge in [-0.2, -0.15) is 0 Å². The zero-order valence-corrected chi connectivity index (χ0v) is 25.9. The lowest BCUT2D eigenvalue weighted by atomic mass is 10.0. The molecule has 9 nitrogen and oxygen atoms in total. The minimum absolute atomic E-state index is 0.0527. The molecule has 0 saturated heterocycles. The van der Waals surface area contributed by atoms with Gasteiger partial charge in [0.2, 0.25) is 11.8 Å². The lowest BCUT2D eigenvalue weighted by molar-refractivity contribution is -0.139. The summed E-state index contributed by atoms with van der Waals surface area (Å²) in [5.41, 5.74) is 1.41. The van der Waals surface area contributed by atoms with Gasteiger partial charge >= 0.3 is 0 Å². The van der Waals surface area contributed by atoms with Gasteiger partial charge < -0.3 is 19.7 Å². The first-order chi connectivity index (χ1) is 21.7. The first-order valence-corrected chi connectivity index (χ1v) is 16.0. The Kier molecular flexibility index (Phi) is 9.90. The average Bonchev–Trinajstić information content (AvgIpc) is 3.06. The molecule has 1 N–H and O–H groups in total. The first-order valence-electron chi connectivity index (χ1n) is 14.1. The van der Waals surface area contributed by atoms with Gasteiger partial charge in [0.25, 0.3) is 10.0 Å². The maximum atomic E-state index is 14.4. The number of sulfonamides is 1. The van der Waals surface area contributed by atoms with E-state index < -0.39 is 40.2 Å². The van der Waals surface area contributed by atoms with Crippen molar-refractivity contribution in [2.24, 2.45) is 0 Å². The molecule has 0 spiro atoms. The van der Waals surface area contributed by atoms with Crippen molar-refractivity contribution in [1.29, 1.82) is 0 Å². The maximum absolute atomic E-state index is 14.4. The minimum atomic E-state index is -4.42. The summed E-state index contributed by atoms with van der Waals surface area (Å²) in [4.78, 5) is 28.9. The molecule has 0 radical (unpaired) electrons. The van der Waals surface area contributed by atoms with Crippen molar-refractivity contribution < 1.29 is 31.9 Å². The molecule has 12 heteroatoms. The van der Waals surface area contributed by atoms with Crippen molar-refractivity contribution in [3.63, 3.8) is 0 Å². The van der Waals surface area contributed by atoms with Crippen molar-refractivity contribution in [3.05, 3.63) is 119 Å². The number of hydrogen-bond acceptors (Lipinski definition) is 6. The second-order valence-electron chi connectivity index (χ2n) is 10.2. The summed E-state index contributed by atoms with van der Waals surface area (Å²) >= 11 is 6.48. The number of carbonyl (C=O) groups is 2. The molecular weight excluding hydrogens is 621 g/mol. The third-order valence-corrected chi connectivity index (χ3v) is 9.45. The minimum Gasteiger partial charge on any atom is -0.486 e. The molecule has 2 amide bonds. The van der Waals surface area contributed by atoms with Gasteiger partial charge in [0.1, 0.15) is 31.6 Å². The highest BCUT2D eigenvalue weighted by Gasteiger charge is 2.35. The molecule has 1 aliphatic rings. The number of rotatable bonds is 11. The van der Waals surface area contributed by atoms with Crippen molar-refractivity contribution >= 4 is 39.1 Å². The highest BCUT2D eigenvalue weighted by atomic mass is 35.5. The number of nitrogens with one attached hydrogen (secondary N) is 1. The molecule has 0 fully saturated rings. The number of nitrogens with zero attached hydrogens (tertiary/aromatic N) is 2. The van der Waals surface area contributed by atoms with Gasteiger partial charge in [0.15, 0.2) is 11.5 Å². The summed E-state index contributed by atoms with van der Waals surface area (Å²) in [5.74, 6) is -1.06. The Hall–Kier alpha value is -4.61. The van der Waals surface area contributed by atoms with E-state index in [1.165, 1.54) is 42.3 Å². The molecule has 45 heavy (non-hydrogen) atoms. The molecule has 4 aromatic carbocycles. The molecular formula is C33H31ClFN3O6S. The Morgan fingerprint density at radius 3 is 2.27 bits per heavy atom. The van der Waals surface area contributed by atoms with Crippen LogP contribution in [-0.4, -0.2) is 58.0 Å². The second kappa shape index (κ2) is 14.0. The van der Waals surface area contributed by atoms with Gasteiger partial charge in [-0.15, -0.1) is 0 Å². The van der Waals surface area contributed by atoms with Crippen molar-refractivity contribution in [3.8, 4) is 11.5 Å². The third-order valence-electron chi connectivity index (χ3n) is 7.31. The van der Waals surface area contributed by atoms with Gasteiger partial charge in [0, 0.05) is 31.1 Å². The Labute approximate surface area is 266 Å². The van der Waals surface area contributed by atoms with E-state index in [1.54, 1.807) is 24.3 Å². The zero-order valence-electron chi connectivity index (χ0n) is 24.4. The Morgan fingerprint density at radius 1 is 0.911 bits per heavy atom. The van der Waals surface area contributed by atoms with Crippen molar-refractivity contribution in [2.45, 2.75) is 23.9 Å². The summed E-state index contributed by atoms with van der Waals surface area (Å²) in [6.45, 7) is -0.206. The SMILES string of the molecule is CNC(=O)[C@H](Cc1ccccc1)N(Cc1ccccc1Cl)C(=O)CN(c1ccc(F)cc1)S(=O)(=O)c1ccc2c(c1)OCCO2. The number of ether oxygens (including phenoxy) is 2. The van der Waals surface area contributed by atoms with Crippen LogP contribution in [0.5, 0.6) is 11.5 Å². The zero-order chi connectivity index (χ0) is 32.0. The van der Waals surface area contributed by atoms with Gasteiger partial charge in [0.05, 0.1) is 10.6 Å². The predicted molar refractivity (Wildman–Crippen MR) is 168 cm³/mol. The molecule has 0 saturated carbocycles. The van der Waals surface area contributed by atoms with Crippen LogP contribution in [0.25, 0.3) is 0 Å². The Balaban J connectivity index is 1.57. The summed E-state index contributed by atoms with van der Waals surface area (Å²) in [6, 6.07) is 24.0. The molecule has 0 aromatic heterocycles. The summed E-state index contributed by atoms with van der Waals surface area (Å²) in [7, 11) is -2.95. The van der Waals surface area contributed by atoms with Crippen molar-refractivity contribution in [1.82, 2.24) is 10.2 Å². The van der Waals surface area contributed by atoms with E-state index in [0.29, 0.717) is 22.9 Å². The van der Waals surface area contributed by atoms with Crippen molar-refractivity contribution in [2.75, 3.05) is 31.1 Å². The molecule has 1 heterocycles. The number of fused-ring (bicyclic) bond motifs is 1. The fourth-order valence-corrected chi connectivity index (χ4v) is 6.60. The van der Waals surface area contributed by atoms with E-state index in [4.69, 9.17) is 21.1 Å². The lowest BCUT2D eigenvalue weighted by Gasteiger charge is -2.33. The van der Waals surface area contributed by atoms with Crippen LogP contribution in [0, 0.1) is 5.82 Å².